The molecule has 1 saturated carbocycles. The highest BCUT2D eigenvalue weighted by Gasteiger charge is 2.28. The first-order valence-electron chi connectivity index (χ1n) is 7.42. The van der Waals surface area contributed by atoms with E-state index in [9.17, 15) is 4.79 Å². The third kappa shape index (κ3) is 3.42. The van der Waals surface area contributed by atoms with Crippen LogP contribution in [0.1, 0.15) is 24.8 Å². The molecule has 120 valence electrons. The van der Waals surface area contributed by atoms with Crippen molar-refractivity contribution in [3.8, 4) is 11.5 Å². The number of ether oxygens (including phenoxy) is 2. The average Bonchev–Trinajstić information content (AvgIpc) is 3.26. The Hall–Kier alpha value is -2.22. The molecule has 7 nitrogen and oxygen atoms in total. The second kappa shape index (κ2) is 6.11. The number of nitrogens with zero attached hydrogens (tertiary/aromatic N) is 2. The summed E-state index contributed by atoms with van der Waals surface area (Å²) in [5, 5.41) is 11.2. The molecule has 1 amide bonds. The van der Waals surface area contributed by atoms with Crippen LogP contribution in [0.4, 0.5) is 0 Å². The monoisotopic (exact) mass is 333 g/mol. The predicted octanol–water partition coefficient (Wildman–Crippen LogP) is 1.95. The van der Waals surface area contributed by atoms with Crippen LogP contribution in [0.15, 0.2) is 33.9 Å². The smallest absolute Gasteiger partial charge is 0.277 e. The molecule has 1 N–H and O–H groups in total. The summed E-state index contributed by atoms with van der Waals surface area (Å²) < 4.78 is 17.0. The molecule has 0 bridgehead atoms. The van der Waals surface area contributed by atoms with Crippen LogP contribution in [-0.4, -0.2) is 34.5 Å². The number of para-hydroxylation sites is 2. The van der Waals surface area contributed by atoms with Crippen molar-refractivity contribution in [3.63, 3.8) is 0 Å². The van der Waals surface area contributed by atoms with Gasteiger partial charge in [-0.15, -0.1) is 10.2 Å². The van der Waals surface area contributed by atoms with Crippen LogP contribution < -0.4 is 14.8 Å². The highest BCUT2D eigenvalue weighted by atomic mass is 32.2. The lowest BCUT2D eigenvalue weighted by Gasteiger charge is -2.23. The van der Waals surface area contributed by atoms with Gasteiger partial charge in [-0.25, -0.2) is 0 Å². The summed E-state index contributed by atoms with van der Waals surface area (Å²) in [5.41, 5.74) is 0. The Morgan fingerprint density at radius 2 is 2.09 bits per heavy atom. The third-order valence-corrected chi connectivity index (χ3v) is 4.29. The van der Waals surface area contributed by atoms with Gasteiger partial charge in [0.25, 0.3) is 11.1 Å². The van der Waals surface area contributed by atoms with E-state index in [-0.39, 0.29) is 11.7 Å². The van der Waals surface area contributed by atoms with Gasteiger partial charge in [-0.1, -0.05) is 23.9 Å². The van der Waals surface area contributed by atoms with Crippen LogP contribution >= 0.6 is 11.8 Å². The van der Waals surface area contributed by atoms with Gasteiger partial charge in [0.2, 0.25) is 12.0 Å². The van der Waals surface area contributed by atoms with Gasteiger partial charge in [0.1, 0.15) is 6.61 Å². The molecule has 23 heavy (non-hydrogen) atoms. The van der Waals surface area contributed by atoms with Crippen molar-refractivity contribution in [2.75, 3.05) is 12.4 Å². The number of hydrogen-bond acceptors (Lipinski definition) is 7. The SMILES string of the molecule is O=C(CSc1nnc([C@H]2COc3ccccc3O2)o1)NC1CC1. The van der Waals surface area contributed by atoms with Crippen LogP contribution in [0.2, 0.25) is 0 Å². The van der Waals surface area contributed by atoms with Gasteiger partial charge in [0.05, 0.1) is 5.75 Å². The molecule has 2 heterocycles. The molecule has 2 aliphatic rings. The zero-order chi connectivity index (χ0) is 15.6. The van der Waals surface area contributed by atoms with Crippen molar-refractivity contribution in [2.45, 2.75) is 30.2 Å². The van der Waals surface area contributed by atoms with E-state index in [1.54, 1.807) is 0 Å². The number of rotatable bonds is 5. The fourth-order valence-electron chi connectivity index (χ4n) is 2.17. The van der Waals surface area contributed by atoms with E-state index < -0.39 is 6.10 Å². The molecule has 2 aromatic rings. The number of hydrogen-bond donors (Lipinski definition) is 1. The molecule has 8 heteroatoms. The van der Waals surface area contributed by atoms with Crippen molar-refractivity contribution in [1.82, 2.24) is 15.5 Å². The summed E-state index contributed by atoms with van der Waals surface area (Å²) in [6, 6.07) is 7.79. The number of nitrogens with one attached hydrogen (secondary N) is 1. The molecule has 1 aromatic heterocycles. The predicted molar refractivity (Wildman–Crippen MR) is 81.5 cm³/mol. The lowest BCUT2D eigenvalue weighted by atomic mass is 10.2. The number of amides is 1. The Bertz CT molecular complexity index is 716. The molecule has 1 atom stereocenters. The van der Waals surface area contributed by atoms with Gasteiger partial charge in [-0.05, 0) is 25.0 Å². The summed E-state index contributed by atoms with van der Waals surface area (Å²) in [6.07, 6.45) is 1.70. The minimum atomic E-state index is -0.438. The zero-order valence-electron chi connectivity index (χ0n) is 12.2. The summed E-state index contributed by atoms with van der Waals surface area (Å²) in [6.45, 7) is 0.311. The fourth-order valence-corrected chi connectivity index (χ4v) is 2.76. The first kappa shape index (κ1) is 14.4. The first-order chi connectivity index (χ1) is 11.3. The van der Waals surface area contributed by atoms with Crippen LogP contribution in [0.25, 0.3) is 0 Å². The van der Waals surface area contributed by atoms with E-state index in [0.29, 0.717) is 35.3 Å². The van der Waals surface area contributed by atoms with Gasteiger partial charge in [-0.2, -0.15) is 0 Å². The van der Waals surface area contributed by atoms with Crippen LogP contribution in [0.5, 0.6) is 11.5 Å². The third-order valence-electron chi connectivity index (χ3n) is 3.48. The van der Waals surface area contributed by atoms with E-state index in [0.717, 1.165) is 12.8 Å². The van der Waals surface area contributed by atoms with E-state index in [4.69, 9.17) is 13.9 Å². The fraction of sp³-hybridized carbons (Fsp3) is 0.400. The Balaban J connectivity index is 1.35. The zero-order valence-corrected chi connectivity index (χ0v) is 13.0. The van der Waals surface area contributed by atoms with Crippen molar-refractivity contribution in [1.29, 1.82) is 0 Å². The topological polar surface area (TPSA) is 86.5 Å². The Morgan fingerprint density at radius 1 is 1.26 bits per heavy atom. The highest BCUT2D eigenvalue weighted by Crippen LogP contribution is 2.35. The molecule has 1 aromatic carbocycles. The number of carbonyl (C=O) groups is 1. The van der Waals surface area contributed by atoms with E-state index in [2.05, 4.69) is 15.5 Å². The summed E-state index contributed by atoms with van der Waals surface area (Å²) >= 11 is 1.22. The standard InChI is InChI=1S/C15H15N3O4S/c19-13(16-9-5-6-9)8-23-15-18-17-14(22-15)12-7-20-10-3-1-2-4-11(10)21-12/h1-4,9,12H,5-8H2,(H,16,19)/t12-/m1/s1. The van der Waals surface area contributed by atoms with Crippen molar-refractivity contribution in [3.05, 3.63) is 30.2 Å². The van der Waals surface area contributed by atoms with Crippen molar-refractivity contribution < 1.29 is 18.7 Å². The second-order valence-electron chi connectivity index (χ2n) is 5.40. The normalized spacial score (nSPS) is 19.4. The maximum absolute atomic E-state index is 11.6. The van der Waals surface area contributed by atoms with Crippen molar-refractivity contribution >= 4 is 17.7 Å². The van der Waals surface area contributed by atoms with Gasteiger partial charge in [0, 0.05) is 6.04 Å². The maximum atomic E-state index is 11.6. The summed E-state index contributed by atoms with van der Waals surface area (Å²) in [5.74, 6) is 1.96. The molecule has 0 unspecified atom stereocenters. The van der Waals surface area contributed by atoms with Crippen LogP contribution in [-0.2, 0) is 4.79 Å². The van der Waals surface area contributed by atoms with Gasteiger partial charge < -0.3 is 19.2 Å². The Kier molecular flexibility index (Phi) is 3.82. The minimum absolute atomic E-state index is 0.0107. The lowest BCUT2D eigenvalue weighted by Crippen LogP contribution is -2.26. The highest BCUT2D eigenvalue weighted by molar-refractivity contribution is 7.99. The molecule has 4 rings (SSSR count). The quantitative estimate of drug-likeness (QED) is 0.837. The molecule has 0 radical (unpaired) electrons. The number of aromatic nitrogens is 2. The Labute approximate surface area is 136 Å². The summed E-state index contributed by atoms with van der Waals surface area (Å²) in [7, 11) is 0. The molecule has 1 fully saturated rings. The molecule has 1 aliphatic carbocycles. The molecule has 0 saturated heterocycles. The largest absolute Gasteiger partial charge is 0.485 e. The number of fused-ring (bicyclic) bond motifs is 1. The Morgan fingerprint density at radius 3 is 2.91 bits per heavy atom. The molecular weight excluding hydrogens is 318 g/mol. The van der Waals surface area contributed by atoms with Gasteiger partial charge >= 0.3 is 0 Å². The average molecular weight is 333 g/mol. The van der Waals surface area contributed by atoms with E-state index >= 15 is 0 Å². The van der Waals surface area contributed by atoms with Gasteiger partial charge in [0.15, 0.2) is 11.5 Å². The summed E-state index contributed by atoms with van der Waals surface area (Å²) in [4.78, 5) is 11.6. The second-order valence-corrected chi connectivity index (χ2v) is 6.33. The first-order valence-corrected chi connectivity index (χ1v) is 8.40. The number of thioether (sulfide) groups is 1. The number of benzene rings is 1. The lowest BCUT2D eigenvalue weighted by molar-refractivity contribution is -0.118. The van der Waals surface area contributed by atoms with E-state index in [1.807, 2.05) is 24.3 Å². The van der Waals surface area contributed by atoms with Gasteiger partial charge in [-0.3, -0.25) is 4.79 Å². The molecule has 1 aliphatic heterocycles. The molecular formula is C15H15N3O4S. The van der Waals surface area contributed by atoms with Crippen LogP contribution in [0.3, 0.4) is 0 Å². The van der Waals surface area contributed by atoms with Crippen molar-refractivity contribution in [2.24, 2.45) is 0 Å². The maximum Gasteiger partial charge on any atom is 0.277 e. The number of carbonyl (C=O) groups excluding carboxylic acids is 1. The van der Waals surface area contributed by atoms with Crippen LogP contribution in [0, 0.1) is 0 Å². The minimum Gasteiger partial charge on any atom is -0.485 e. The molecule has 0 spiro atoms. The van der Waals surface area contributed by atoms with E-state index in [1.165, 1.54) is 11.8 Å².